The average molecular weight is 375 g/mol. The molecule has 2 aromatic carbocycles. The number of aryl methyl sites for hydroxylation is 2. The fourth-order valence-corrected chi connectivity index (χ4v) is 4.21. The number of anilines is 1. The second kappa shape index (κ2) is 7.56. The number of nitrogens with one attached hydrogen (secondary N) is 2. The molecule has 0 radical (unpaired) electrons. The maximum Gasteiger partial charge on any atom is 0.250 e. The zero-order chi connectivity index (χ0) is 19.7. The molecule has 1 aromatic heterocycles. The molecule has 28 heavy (non-hydrogen) atoms. The van der Waals surface area contributed by atoms with Crippen LogP contribution in [0.3, 0.4) is 0 Å². The summed E-state index contributed by atoms with van der Waals surface area (Å²) in [6.07, 6.45) is 2.54. The predicted octanol–water partition coefficient (Wildman–Crippen LogP) is 2.90. The molecule has 1 amide bonds. The fraction of sp³-hybridized carbons (Fsp3) is 0.318. The van der Waals surface area contributed by atoms with Gasteiger partial charge in [0.05, 0.1) is 11.1 Å². The number of aromatic nitrogens is 2. The van der Waals surface area contributed by atoms with Crippen LogP contribution in [0.1, 0.15) is 39.4 Å². The molecule has 0 bridgehead atoms. The number of para-hydroxylation sites is 1. The fourth-order valence-electron chi connectivity index (χ4n) is 4.21. The summed E-state index contributed by atoms with van der Waals surface area (Å²) in [6.45, 7) is 6.12. The maximum atomic E-state index is 11.7. The molecule has 2 unspecified atom stereocenters. The van der Waals surface area contributed by atoms with Crippen molar-refractivity contribution in [3.05, 3.63) is 65.0 Å². The first kappa shape index (κ1) is 18.4. The van der Waals surface area contributed by atoms with Crippen LogP contribution in [-0.2, 0) is 0 Å². The number of amides is 1. The minimum atomic E-state index is -0.484. The molecule has 6 nitrogen and oxygen atoms in total. The first-order valence-electron chi connectivity index (χ1n) is 9.62. The first-order valence-corrected chi connectivity index (χ1v) is 9.62. The number of carbonyl (C=O) groups is 1. The number of nitrogens with zero attached hydrogens (tertiary/aromatic N) is 2. The van der Waals surface area contributed by atoms with Crippen LogP contribution in [0, 0.1) is 13.8 Å². The van der Waals surface area contributed by atoms with Crippen LogP contribution in [0.15, 0.2) is 42.7 Å². The van der Waals surface area contributed by atoms with Gasteiger partial charge in [-0.15, -0.1) is 0 Å². The lowest BCUT2D eigenvalue weighted by atomic mass is 9.84. The molecule has 6 heteroatoms. The van der Waals surface area contributed by atoms with Crippen molar-refractivity contribution in [2.45, 2.75) is 32.2 Å². The lowest BCUT2D eigenvalue weighted by molar-refractivity contribution is 0.100. The Morgan fingerprint density at radius 3 is 2.71 bits per heavy atom. The van der Waals surface area contributed by atoms with E-state index < -0.39 is 5.91 Å². The van der Waals surface area contributed by atoms with E-state index in [0.29, 0.717) is 17.0 Å². The molecule has 4 N–H and O–H groups in total. The van der Waals surface area contributed by atoms with E-state index in [-0.39, 0.29) is 6.04 Å². The van der Waals surface area contributed by atoms with Crippen LogP contribution in [-0.4, -0.2) is 35.0 Å². The number of piperidine rings is 1. The van der Waals surface area contributed by atoms with E-state index in [9.17, 15) is 4.79 Å². The van der Waals surface area contributed by atoms with E-state index in [4.69, 9.17) is 5.73 Å². The van der Waals surface area contributed by atoms with Gasteiger partial charge in [-0.25, -0.2) is 9.97 Å². The molecule has 1 saturated heterocycles. The minimum Gasteiger partial charge on any atom is -0.366 e. The van der Waals surface area contributed by atoms with Gasteiger partial charge in [0.15, 0.2) is 0 Å². The number of fused-ring (bicyclic) bond motifs is 1. The smallest absolute Gasteiger partial charge is 0.250 e. The van der Waals surface area contributed by atoms with Gasteiger partial charge in [-0.1, -0.05) is 35.4 Å². The number of nitrogens with two attached hydrogens (primary N) is 1. The summed E-state index contributed by atoms with van der Waals surface area (Å²) in [4.78, 5) is 20.5. The topological polar surface area (TPSA) is 92.9 Å². The Morgan fingerprint density at radius 1 is 1.18 bits per heavy atom. The van der Waals surface area contributed by atoms with Crippen molar-refractivity contribution in [2.24, 2.45) is 5.73 Å². The Hall–Kier alpha value is -2.99. The molecule has 1 aliphatic heterocycles. The van der Waals surface area contributed by atoms with E-state index in [0.717, 1.165) is 30.7 Å². The number of carbonyl (C=O) groups excluding carboxylic acids is 1. The minimum absolute atomic E-state index is 0.185. The number of benzene rings is 2. The summed E-state index contributed by atoms with van der Waals surface area (Å²) < 4.78 is 0. The SMILES string of the molecule is Cc1cc(C)cc(C2CCNCC2Nc2ncnc3c(C(N)=O)cccc23)c1. The van der Waals surface area contributed by atoms with Crippen LogP contribution < -0.4 is 16.4 Å². The van der Waals surface area contributed by atoms with Crippen molar-refractivity contribution in [3.8, 4) is 0 Å². The highest BCUT2D eigenvalue weighted by atomic mass is 16.1. The second-order valence-corrected chi connectivity index (χ2v) is 7.56. The average Bonchev–Trinajstić information content (AvgIpc) is 2.67. The van der Waals surface area contributed by atoms with E-state index in [1.807, 2.05) is 12.1 Å². The van der Waals surface area contributed by atoms with Gasteiger partial charge in [0.1, 0.15) is 12.1 Å². The number of rotatable bonds is 4. The van der Waals surface area contributed by atoms with Crippen LogP contribution in [0.5, 0.6) is 0 Å². The van der Waals surface area contributed by atoms with E-state index in [2.05, 4.69) is 52.6 Å². The van der Waals surface area contributed by atoms with Crippen molar-refractivity contribution in [2.75, 3.05) is 18.4 Å². The van der Waals surface area contributed by atoms with E-state index in [1.165, 1.54) is 23.0 Å². The van der Waals surface area contributed by atoms with Crippen molar-refractivity contribution in [1.29, 1.82) is 0 Å². The zero-order valence-electron chi connectivity index (χ0n) is 16.2. The molecule has 0 aliphatic carbocycles. The maximum absolute atomic E-state index is 11.7. The Bertz CT molecular complexity index is 1010. The molecule has 0 spiro atoms. The Balaban J connectivity index is 1.71. The summed E-state index contributed by atoms with van der Waals surface area (Å²) >= 11 is 0. The van der Waals surface area contributed by atoms with E-state index in [1.54, 1.807) is 6.07 Å². The third kappa shape index (κ3) is 3.55. The third-order valence-electron chi connectivity index (χ3n) is 5.41. The Morgan fingerprint density at radius 2 is 1.96 bits per heavy atom. The van der Waals surface area contributed by atoms with Gasteiger partial charge in [-0.3, -0.25) is 4.79 Å². The van der Waals surface area contributed by atoms with Crippen molar-refractivity contribution < 1.29 is 4.79 Å². The quantitative estimate of drug-likeness (QED) is 0.652. The van der Waals surface area contributed by atoms with Crippen LogP contribution in [0.2, 0.25) is 0 Å². The van der Waals surface area contributed by atoms with Crippen molar-refractivity contribution in [1.82, 2.24) is 15.3 Å². The summed E-state index contributed by atoms with van der Waals surface area (Å²) in [5.74, 6) is 0.628. The highest BCUT2D eigenvalue weighted by Gasteiger charge is 2.27. The largest absolute Gasteiger partial charge is 0.366 e. The molecule has 0 saturated carbocycles. The molecule has 2 atom stereocenters. The zero-order valence-corrected chi connectivity index (χ0v) is 16.2. The summed E-state index contributed by atoms with van der Waals surface area (Å²) in [5, 5.41) is 7.90. The van der Waals surface area contributed by atoms with Crippen LogP contribution in [0.25, 0.3) is 10.9 Å². The molecule has 4 rings (SSSR count). The van der Waals surface area contributed by atoms with Crippen molar-refractivity contribution >= 4 is 22.6 Å². The van der Waals surface area contributed by atoms with E-state index >= 15 is 0 Å². The Kier molecular flexibility index (Phi) is 4.96. The first-order chi connectivity index (χ1) is 13.5. The predicted molar refractivity (Wildman–Crippen MR) is 112 cm³/mol. The summed E-state index contributed by atoms with van der Waals surface area (Å²) in [5.41, 5.74) is 10.4. The van der Waals surface area contributed by atoms with Gasteiger partial charge in [-0.2, -0.15) is 0 Å². The van der Waals surface area contributed by atoms with Crippen molar-refractivity contribution in [3.63, 3.8) is 0 Å². The highest BCUT2D eigenvalue weighted by molar-refractivity contribution is 6.06. The highest BCUT2D eigenvalue weighted by Crippen LogP contribution is 2.31. The number of hydrogen-bond acceptors (Lipinski definition) is 5. The van der Waals surface area contributed by atoms with Gasteiger partial charge in [0.2, 0.25) is 0 Å². The normalized spacial score (nSPS) is 19.5. The summed E-state index contributed by atoms with van der Waals surface area (Å²) in [7, 11) is 0. The molecule has 1 aliphatic rings. The monoisotopic (exact) mass is 375 g/mol. The lowest BCUT2D eigenvalue weighted by Gasteiger charge is -2.34. The molecule has 2 heterocycles. The third-order valence-corrected chi connectivity index (χ3v) is 5.41. The van der Waals surface area contributed by atoms with Gasteiger partial charge in [0, 0.05) is 23.9 Å². The molecule has 3 aromatic rings. The van der Waals surface area contributed by atoms with Gasteiger partial charge in [-0.05, 0) is 44.5 Å². The molecular weight excluding hydrogens is 350 g/mol. The van der Waals surface area contributed by atoms with Crippen LogP contribution in [0.4, 0.5) is 5.82 Å². The summed E-state index contributed by atoms with van der Waals surface area (Å²) in [6, 6.07) is 12.4. The number of hydrogen-bond donors (Lipinski definition) is 3. The van der Waals surface area contributed by atoms with Gasteiger partial charge >= 0.3 is 0 Å². The molecular formula is C22H25N5O. The number of primary amides is 1. The molecule has 144 valence electrons. The Labute approximate surface area is 164 Å². The second-order valence-electron chi connectivity index (χ2n) is 7.56. The molecule has 1 fully saturated rings. The van der Waals surface area contributed by atoms with Crippen LogP contribution >= 0.6 is 0 Å². The van der Waals surface area contributed by atoms with Gasteiger partial charge in [0.25, 0.3) is 5.91 Å². The standard InChI is InChI=1S/C22H25N5O/c1-13-8-14(2)10-15(9-13)16-6-7-24-11-19(16)27-22-18-5-3-4-17(21(23)28)20(18)25-12-26-22/h3-5,8-10,12,16,19,24H,6-7,11H2,1-2H3,(H2,23,28)(H,25,26,27). The lowest BCUT2D eigenvalue weighted by Crippen LogP contribution is -2.44. The van der Waals surface area contributed by atoms with Gasteiger partial charge < -0.3 is 16.4 Å².